The molecule has 1 rings (SSSR count). The van der Waals surface area contributed by atoms with Gasteiger partial charge in [-0.15, -0.1) is 0 Å². The summed E-state index contributed by atoms with van der Waals surface area (Å²) in [6.07, 6.45) is -0.487. The number of halogens is 1. The molecule has 0 atom stereocenters. The van der Waals surface area contributed by atoms with Crippen molar-refractivity contribution in [3.05, 3.63) is 35.9 Å². The maximum absolute atomic E-state index is 11.9. The van der Waals surface area contributed by atoms with Gasteiger partial charge in [0.25, 0.3) is 0 Å². The molecule has 5 nitrogen and oxygen atoms in total. The smallest absolute Gasteiger partial charge is 0.407 e. The molecule has 0 heterocycles. The third-order valence-electron chi connectivity index (χ3n) is 3.34. The van der Waals surface area contributed by atoms with Crippen LogP contribution in [-0.4, -0.2) is 40.9 Å². The molecule has 0 aliphatic rings. The van der Waals surface area contributed by atoms with E-state index in [2.05, 4.69) is 21.2 Å². The van der Waals surface area contributed by atoms with Gasteiger partial charge in [-0.1, -0.05) is 46.3 Å². The van der Waals surface area contributed by atoms with Crippen molar-refractivity contribution in [3.8, 4) is 0 Å². The van der Waals surface area contributed by atoms with Crippen LogP contribution in [0.2, 0.25) is 0 Å². The highest BCUT2D eigenvalue weighted by Gasteiger charge is 2.29. The Morgan fingerprint density at radius 3 is 2.45 bits per heavy atom. The van der Waals surface area contributed by atoms with Gasteiger partial charge in [-0.2, -0.15) is 0 Å². The van der Waals surface area contributed by atoms with Gasteiger partial charge in [-0.05, 0) is 26.3 Å². The first-order valence-electron chi connectivity index (χ1n) is 7.21. The van der Waals surface area contributed by atoms with Gasteiger partial charge in [0.1, 0.15) is 6.61 Å². The second-order valence-electron chi connectivity index (χ2n) is 5.50. The molecule has 1 aromatic rings. The monoisotopic (exact) mass is 370 g/mol. The molecule has 2 amide bonds. The van der Waals surface area contributed by atoms with E-state index in [1.807, 2.05) is 51.1 Å². The Morgan fingerprint density at radius 1 is 1.27 bits per heavy atom. The van der Waals surface area contributed by atoms with Crippen LogP contribution in [0.3, 0.4) is 0 Å². The minimum atomic E-state index is -0.487. The van der Waals surface area contributed by atoms with Gasteiger partial charge in [0.2, 0.25) is 5.91 Å². The summed E-state index contributed by atoms with van der Waals surface area (Å²) in [5, 5.41) is 2.98. The average molecular weight is 371 g/mol. The normalized spacial score (nSPS) is 10.9. The highest BCUT2D eigenvalue weighted by atomic mass is 79.9. The molecule has 0 aromatic heterocycles. The van der Waals surface area contributed by atoms with E-state index >= 15 is 0 Å². The molecule has 0 aliphatic carbocycles. The third-order valence-corrected chi connectivity index (χ3v) is 3.82. The Labute approximate surface area is 140 Å². The van der Waals surface area contributed by atoms with E-state index in [0.717, 1.165) is 5.56 Å². The molecule has 122 valence electrons. The summed E-state index contributed by atoms with van der Waals surface area (Å²) < 4.78 is 5.16. The lowest BCUT2D eigenvalue weighted by Gasteiger charge is -2.37. The van der Waals surface area contributed by atoms with Crippen LogP contribution in [0.4, 0.5) is 4.79 Å². The highest BCUT2D eigenvalue weighted by molar-refractivity contribution is 9.09. The van der Waals surface area contributed by atoms with E-state index in [1.54, 1.807) is 4.90 Å². The fourth-order valence-electron chi connectivity index (χ4n) is 2.17. The summed E-state index contributed by atoms with van der Waals surface area (Å²) >= 11 is 3.18. The zero-order chi connectivity index (χ0) is 16.6. The van der Waals surface area contributed by atoms with Crippen LogP contribution in [0.15, 0.2) is 30.3 Å². The summed E-state index contributed by atoms with van der Waals surface area (Å²) in [6.45, 7) is 6.87. The number of ether oxygens (including phenoxy) is 1. The molecule has 0 aliphatic heterocycles. The van der Waals surface area contributed by atoms with Crippen LogP contribution in [0, 0.1) is 0 Å². The lowest BCUT2D eigenvalue weighted by atomic mass is 10.0. The van der Waals surface area contributed by atoms with Crippen molar-refractivity contribution in [1.82, 2.24) is 10.2 Å². The number of nitrogens with zero attached hydrogens (tertiary/aromatic N) is 1. The zero-order valence-corrected chi connectivity index (χ0v) is 14.9. The van der Waals surface area contributed by atoms with Crippen LogP contribution >= 0.6 is 15.9 Å². The second-order valence-corrected chi connectivity index (χ2v) is 6.06. The SMILES string of the molecule is CCN(C(=O)CBr)C(C)(C)CNC(=O)OCc1ccccc1. The summed E-state index contributed by atoms with van der Waals surface area (Å²) in [4.78, 5) is 25.4. The van der Waals surface area contributed by atoms with Gasteiger partial charge >= 0.3 is 6.09 Å². The summed E-state index contributed by atoms with van der Waals surface area (Å²) in [5.41, 5.74) is 0.451. The molecule has 0 unspecified atom stereocenters. The number of amides is 2. The van der Waals surface area contributed by atoms with E-state index in [-0.39, 0.29) is 17.8 Å². The predicted molar refractivity (Wildman–Crippen MR) is 89.9 cm³/mol. The van der Waals surface area contributed by atoms with E-state index in [1.165, 1.54) is 0 Å². The van der Waals surface area contributed by atoms with Gasteiger partial charge in [-0.25, -0.2) is 4.79 Å². The number of carbonyl (C=O) groups excluding carboxylic acids is 2. The molecule has 22 heavy (non-hydrogen) atoms. The molecule has 0 saturated carbocycles. The Morgan fingerprint density at radius 2 is 1.91 bits per heavy atom. The van der Waals surface area contributed by atoms with Gasteiger partial charge in [-0.3, -0.25) is 4.79 Å². The Hall–Kier alpha value is -1.56. The predicted octanol–water partition coefficient (Wildman–Crippen LogP) is 2.93. The molecule has 1 aromatic carbocycles. The number of hydrogen-bond acceptors (Lipinski definition) is 3. The van der Waals surface area contributed by atoms with Gasteiger partial charge in [0.05, 0.1) is 10.9 Å². The molecule has 0 saturated heterocycles. The maximum atomic E-state index is 11.9. The first-order valence-corrected chi connectivity index (χ1v) is 8.34. The number of likely N-dealkylation sites (N-methyl/N-ethyl adjacent to an activating group) is 1. The van der Waals surface area contributed by atoms with Crippen LogP contribution in [0.1, 0.15) is 26.3 Å². The van der Waals surface area contributed by atoms with Crippen LogP contribution in [-0.2, 0) is 16.1 Å². The Balaban J connectivity index is 2.46. The lowest BCUT2D eigenvalue weighted by molar-refractivity contribution is -0.133. The fraction of sp³-hybridized carbons (Fsp3) is 0.500. The van der Waals surface area contributed by atoms with Crippen molar-refractivity contribution in [2.24, 2.45) is 0 Å². The van der Waals surface area contributed by atoms with Crippen molar-refractivity contribution in [1.29, 1.82) is 0 Å². The number of benzene rings is 1. The van der Waals surface area contributed by atoms with Crippen LogP contribution < -0.4 is 5.32 Å². The van der Waals surface area contributed by atoms with E-state index in [9.17, 15) is 9.59 Å². The molecule has 0 spiro atoms. The van der Waals surface area contributed by atoms with Crippen molar-refractivity contribution in [2.45, 2.75) is 32.9 Å². The number of alkyl carbamates (subject to hydrolysis) is 1. The van der Waals surface area contributed by atoms with Crippen LogP contribution in [0.25, 0.3) is 0 Å². The van der Waals surface area contributed by atoms with E-state index in [4.69, 9.17) is 4.74 Å². The van der Waals surface area contributed by atoms with Crippen molar-refractivity contribution < 1.29 is 14.3 Å². The molecule has 0 fully saturated rings. The number of alkyl halides is 1. The molecule has 0 radical (unpaired) electrons. The number of nitrogens with one attached hydrogen (secondary N) is 1. The Bertz CT molecular complexity index is 491. The third kappa shape index (κ3) is 5.67. The topological polar surface area (TPSA) is 58.6 Å². The lowest BCUT2D eigenvalue weighted by Crippen LogP contribution is -2.54. The fourth-order valence-corrected chi connectivity index (χ4v) is 2.47. The number of rotatable bonds is 7. The first-order chi connectivity index (χ1) is 10.4. The van der Waals surface area contributed by atoms with Crippen molar-refractivity contribution in [3.63, 3.8) is 0 Å². The molecule has 6 heteroatoms. The minimum absolute atomic E-state index is 0.00745. The number of hydrogen-bond donors (Lipinski definition) is 1. The molecule has 1 N–H and O–H groups in total. The van der Waals surface area contributed by atoms with Gasteiger partial charge in [0.15, 0.2) is 0 Å². The van der Waals surface area contributed by atoms with Crippen molar-refractivity contribution in [2.75, 3.05) is 18.4 Å². The zero-order valence-electron chi connectivity index (χ0n) is 13.3. The Kier molecular flexibility index (Phi) is 7.38. The standard InChI is InChI=1S/C16H23BrN2O3/c1-4-19(14(20)10-17)16(2,3)12-18-15(21)22-11-13-8-6-5-7-9-13/h5-9H,4,10-12H2,1-3H3,(H,18,21). The highest BCUT2D eigenvalue weighted by Crippen LogP contribution is 2.14. The summed E-state index contributed by atoms with van der Waals surface area (Å²) in [5.74, 6) is -0.00745. The first kappa shape index (κ1) is 18.5. The average Bonchev–Trinajstić information content (AvgIpc) is 2.52. The quantitative estimate of drug-likeness (QED) is 0.750. The second kappa shape index (κ2) is 8.78. The minimum Gasteiger partial charge on any atom is -0.445 e. The summed E-state index contributed by atoms with van der Waals surface area (Å²) in [6, 6.07) is 9.48. The largest absolute Gasteiger partial charge is 0.445 e. The van der Waals surface area contributed by atoms with Gasteiger partial charge < -0.3 is 15.0 Å². The molecule has 0 bridgehead atoms. The van der Waals surface area contributed by atoms with E-state index < -0.39 is 11.6 Å². The summed E-state index contributed by atoms with van der Waals surface area (Å²) in [7, 11) is 0. The van der Waals surface area contributed by atoms with Crippen molar-refractivity contribution >= 4 is 27.9 Å². The van der Waals surface area contributed by atoms with Crippen LogP contribution in [0.5, 0.6) is 0 Å². The maximum Gasteiger partial charge on any atom is 0.407 e. The molecular weight excluding hydrogens is 348 g/mol. The van der Waals surface area contributed by atoms with E-state index in [0.29, 0.717) is 13.1 Å². The molecular formula is C16H23BrN2O3. The van der Waals surface area contributed by atoms with Gasteiger partial charge in [0, 0.05) is 13.1 Å². The number of carbonyl (C=O) groups is 2.